The molecule has 1 N–H and O–H groups in total. The number of hydrogen-bond acceptors (Lipinski definition) is 2. The molecule has 0 saturated heterocycles. The summed E-state index contributed by atoms with van der Waals surface area (Å²) < 4.78 is 0. The molecule has 2 aromatic rings. The highest BCUT2D eigenvalue weighted by Gasteiger charge is 2.12. The van der Waals surface area contributed by atoms with Gasteiger partial charge in [-0.3, -0.25) is 0 Å². The third kappa shape index (κ3) is 1.47. The van der Waals surface area contributed by atoms with Crippen LogP contribution in [0.4, 0.5) is 0 Å². The molecule has 14 heavy (non-hydrogen) atoms. The average molecular weight is 230 g/mol. The number of hydrogen-bond donors (Lipinski definition) is 1. The molecule has 0 aliphatic carbocycles. The smallest absolute Gasteiger partial charge is 0.224 e. The van der Waals surface area contributed by atoms with Gasteiger partial charge in [-0.25, -0.2) is 9.97 Å². The Morgan fingerprint density at radius 3 is 2.64 bits per heavy atom. The van der Waals surface area contributed by atoms with Gasteiger partial charge in [0.15, 0.2) is 5.15 Å². The third-order valence-corrected chi connectivity index (χ3v) is 2.55. The topological polar surface area (TPSA) is 41.6 Å². The molecule has 0 radical (unpaired) electrons. The predicted octanol–water partition coefficient (Wildman–Crippen LogP) is 3.39. The lowest BCUT2D eigenvalue weighted by Gasteiger charge is -2.01. The number of nitrogens with zero attached hydrogens (tertiary/aromatic N) is 2. The Morgan fingerprint density at radius 1 is 1.29 bits per heavy atom. The Balaban J connectivity index is 2.78. The fraction of sp³-hybridized carbons (Fsp3) is 0.333. The summed E-state index contributed by atoms with van der Waals surface area (Å²) in [6, 6.07) is 0. The lowest BCUT2D eigenvalue weighted by atomic mass is 10.1. The molecule has 0 fully saturated rings. The SMILES string of the molecule is CC(C)c1c[nH]c2c(Cl)nc(Cl)nc12. The van der Waals surface area contributed by atoms with Crippen LogP contribution >= 0.6 is 23.2 Å². The monoisotopic (exact) mass is 229 g/mol. The quantitative estimate of drug-likeness (QED) is 0.602. The highest BCUT2D eigenvalue weighted by molar-refractivity contribution is 6.35. The van der Waals surface area contributed by atoms with Crippen LogP contribution in [0.2, 0.25) is 10.4 Å². The zero-order chi connectivity index (χ0) is 10.3. The van der Waals surface area contributed by atoms with E-state index in [0.29, 0.717) is 11.1 Å². The van der Waals surface area contributed by atoms with Crippen LogP contribution in [0, 0.1) is 0 Å². The van der Waals surface area contributed by atoms with Crippen LogP contribution in [-0.2, 0) is 0 Å². The normalized spacial score (nSPS) is 11.5. The summed E-state index contributed by atoms with van der Waals surface area (Å²) in [5, 5.41) is 0.552. The summed E-state index contributed by atoms with van der Waals surface area (Å²) in [7, 11) is 0. The van der Waals surface area contributed by atoms with Crippen LogP contribution in [0.3, 0.4) is 0 Å². The average Bonchev–Trinajstić information content (AvgIpc) is 2.47. The first-order valence-electron chi connectivity index (χ1n) is 4.29. The highest BCUT2D eigenvalue weighted by atomic mass is 35.5. The van der Waals surface area contributed by atoms with Gasteiger partial charge in [-0.15, -0.1) is 0 Å². The summed E-state index contributed by atoms with van der Waals surface area (Å²) in [5.74, 6) is 0.380. The van der Waals surface area contributed by atoms with E-state index in [9.17, 15) is 0 Å². The standard InChI is InChI=1S/C9H9Cl2N3/c1-4(2)5-3-12-7-6(5)13-9(11)14-8(7)10/h3-4,12H,1-2H3. The Hall–Kier alpha value is -0.800. The van der Waals surface area contributed by atoms with Gasteiger partial charge in [0.25, 0.3) is 0 Å². The van der Waals surface area contributed by atoms with E-state index in [4.69, 9.17) is 23.2 Å². The second kappa shape index (κ2) is 3.41. The van der Waals surface area contributed by atoms with Crippen LogP contribution < -0.4 is 0 Å². The van der Waals surface area contributed by atoms with Crippen molar-refractivity contribution in [2.75, 3.05) is 0 Å². The van der Waals surface area contributed by atoms with Crippen molar-refractivity contribution in [2.24, 2.45) is 0 Å². The van der Waals surface area contributed by atoms with E-state index in [1.165, 1.54) is 0 Å². The molecule has 0 aromatic carbocycles. The van der Waals surface area contributed by atoms with Crippen LogP contribution in [0.5, 0.6) is 0 Å². The number of halogens is 2. The zero-order valence-electron chi connectivity index (χ0n) is 7.81. The van der Waals surface area contributed by atoms with Crippen LogP contribution in [0.15, 0.2) is 6.20 Å². The largest absolute Gasteiger partial charge is 0.357 e. The maximum Gasteiger partial charge on any atom is 0.224 e. The Morgan fingerprint density at radius 2 is 2.00 bits per heavy atom. The number of fused-ring (bicyclic) bond motifs is 1. The summed E-state index contributed by atoms with van der Waals surface area (Å²) in [5.41, 5.74) is 2.66. The molecule has 0 aliphatic heterocycles. The van der Waals surface area contributed by atoms with E-state index in [1.807, 2.05) is 6.20 Å². The molecular weight excluding hydrogens is 221 g/mol. The maximum absolute atomic E-state index is 5.91. The van der Waals surface area contributed by atoms with Crippen molar-refractivity contribution in [3.8, 4) is 0 Å². The molecule has 0 amide bonds. The van der Waals surface area contributed by atoms with E-state index >= 15 is 0 Å². The molecular formula is C9H9Cl2N3. The second-order valence-corrected chi connectivity index (χ2v) is 4.10. The Kier molecular flexibility index (Phi) is 2.37. The van der Waals surface area contributed by atoms with Gasteiger partial charge in [0.1, 0.15) is 5.52 Å². The van der Waals surface area contributed by atoms with Gasteiger partial charge >= 0.3 is 0 Å². The maximum atomic E-state index is 5.91. The van der Waals surface area contributed by atoms with Crippen molar-refractivity contribution >= 4 is 34.2 Å². The summed E-state index contributed by atoms with van der Waals surface area (Å²) in [6.45, 7) is 4.18. The number of aromatic amines is 1. The number of nitrogens with one attached hydrogen (secondary N) is 1. The van der Waals surface area contributed by atoms with Gasteiger partial charge in [-0.05, 0) is 23.1 Å². The molecule has 0 saturated carbocycles. The predicted molar refractivity (Wildman–Crippen MR) is 58.0 cm³/mol. The molecule has 2 heterocycles. The van der Waals surface area contributed by atoms with E-state index < -0.39 is 0 Å². The van der Waals surface area contributed by atoms with Crippen LogP contribution in [0.1, 0.15) is 25.3 Å². The summed E-state index contributed by atoms with van der Waals surface area (Å²) in [6.07, 6.45) is 1.90. The van der Waals surface area contributed by atoms with E-state index in [2.05, 4.69) is 28.8 Å². The van der Waals surface area contributed by atoms with Crippen molar-refractivity contribution in [1.29, 1.82) is 0 Å². The van der Waals surface area contributed by atoms with Gasteiger partial charge in [-0.2, -0.15) is 0 Å². The molecule has 0 bridgehead atoms. The minimum absolute atomic E-state index is 0.184. The van der Waals surface area contributed by atoms with E-state index in [0.717, 1.165) is 16.6 Å². The van der Waals surface area contributed by atoms with Gasteiger partial charge < -0.3 is 4.98 Å². The zero-order valence-corrected chi connectivity index (χ0v) is 9.32. The highest BCUT2D eigenvalue weighted by Crippen LogP contribution is 2.27. The van der Waals surface area contributed by atoms with Crippen molar-refractivity contribution in [1.82, 2.24) is 15.0 Å². The third-order valence-electron chi connectivity index (χ3n) is 2.11. The molecule has 0 aliphatic rings. The van der Waals surface area contributed by atoms with Gasteiger partial charge in [0.05, 0.1) is 5.52 Å². The molecule has 5 heteroatoms. The van der Waals surface area contributed by atoms with E-state index in [1.54, 1.807) is 0 Å². The lowest BCUT2D eigenvalue weighted by molar-refractivity contribution is 0.872. The van der Waals surface area contributed by atoms with Crippen molar-refractivity contribution < 1.29 is 0 Å². The Bertz CT molecular complexity index is 476. The fourth-order valence-electron chi connectivity index (χ4n) is 1.40. The molecule has 2 aromatic heterocycles. The first-order chi connectivity index (χ1) is 6.59. The van der Waals surface area contributed by atoms with Gasteiger partial charge in [-0.1, -0.05) is 25.4 Å². The number of rotatable bonds is 1. The van der Waals surface area contributed by atoms with Crippen LogP contribution in [0.25, 0.3) is 11.0 Å². The molecule has 0 atom stereocenters. The summed E-state index contributed by atoms with van der Waals surface area (Å²) >= 11 is 11.7. The molecule has 3 nitrogen and oxygen atoms in total. The first-order valence-corrected chi connectivity index (χ1v) is 5.05. The van der Waals surface area contributed by atoms with Gasteiger partial charge in [0, 0.05) is 6.20 Å². The lowest BCUT2D eigenvalue weighted by Crippen LogP contribution is -1.89. The first kappa shape index (κ1) is 9.74. The van der Waals surface area contributed by atoms with Gasteiger partial charge in [0.2, 0.25) is 5.28 Å². The Labute approximate surface area is 91.5 Å². The molecule has 74 valence electrons. The second-order valence-electron chi connectivity index (χ2n) is 3.41. The van der Waals surface area contributed by atoms with Crippen molar-refractivity contribution in [2.45, 2.75) is 19.8 Å². The number of aromatic nitrogens is 3. The van der Waals surface area contributed by atoms with E-state index in [-0.39, 0.29) is 5.28 Å². The minimum atomic E-state index is 0.184. The molecule has 0 unspecified atom stereocenters. The van der Waals surface area contributed by atoms with Crippen LogP contribution in [-0.4, -0.2) is 15.0 Å². The van der Waals surface area contributed by atoms with Crippen molar-refractivity contribution in [3.63, 3.8) is 0 Å². The minimum Gasteiger partial charge on any atom is -0.357 e. The van der Waals surface area contributed by atoms with Crippen molar-refractivity contribution in [3.05, 3.63) is 22.2 Å². The molecule has 2 rings (SSSR count). The number of H-pyrrole nitrogens is 1. The molecule has 0 spiro atoms. The fourth-order valence-corrected chi connectivity index (χ4v) is 1.84. The summed E-state index contributed by atoms with van der Waals surface area (Å²) in [4.78, 5) is 11.1.